The molecule has 4 heteroatoms. The largest absolute Gasteiger partial charge is 0.480 e. The molecule has 1 fully saturated rings. The van der Waals surface area contributed by atoms with E-state index in [1.165, 1.54) is 19.4 Å². The number of piperidine rings is 1. The van der Waals surface area contributed by atoms with Crippen LogP contribution in [0.15, 0.2) is 0 Å². The zero-order valence-electron chi connectivity index (χ0n) is 12.0. The third-order valence-electron chi connectivity index (χ3n) is 3.89. The first kappa shape index (κ1) is 15.4. The van der Waals surface area contributed by atoms with Gasteiger partial charge in [0.1, 0.15) is 5.54 Å². The summed E-state index contributed by atoms with van der Waals surface area (Å²) in [6.07, 6.45) is 5.06. The van der Waals surface area contributed by atoms with Crippen LogP contribution in [-0.4, -0.2) is 41.1 Å². The molecule has 1 aliphatic rings. The Balaban J connectivity index is 2.20. The summed E-state index contributed by atoms with van der Waals surface area (Å²) in [5.41, 5.74) is 5.07. The summed E-state index contributed by atoms with van der Waals surface area (Å²) in [6, 6.07) is 0. The molecule has 106 valence electrons. The molecule has 1 heterocycles. The van der Waals surface area contributed by atoms with Crippen LogP contribution in [0.1, 0.15) is 52.9 Å². The van der Waals surface area contributed by atoms with Gasteiger partial charge in [0.05, 0.1) is 0 Å². The lowest BCUT2D eigenvalue weighted by molar-refractivity contribution is -0.142. The van der Waals surface area contributed by atoms with E-state index >= 15 is 0 Å². The number of unbranched alkanes of at least 4 members (excludes halogenated alkanes) is 1. The number of carbonyl (C=O) groups is 1. The molecular formula is C14H28N2O2. The summed E-state index contributed by atoms with van der Waals surface area (Å²) in [6.45, 7) is 9.65. The molecule has 18 heavy (non-hydrogen) atoms. The molecule has 0 radical (unpaired) electrons. The average molecular weight is 256 g/mol. The van der Waals surface area contributed by atoms with E-state index < -0.39 is 11.5 Å². The smallest absolute Gasteiger partial charge is 0.323 e. The highest BCUT2D eigenvalue weighted by Gasteiger charge is 2.28. The Kier molecular flexibility index (Phi) is 5.17. The quantitative estimate of drug-likeness (QED) is 0.714. The number of aliphatic carboxylic acids is 1. The second-order valence-electron chi connectivity index (χ2n) is 6.72. The standard InChI is InChI=1S/C14H28N2O2/c1-13(2)7-6-10-16(11-13)9-5-4-8-14(3,15)12(17)18/h4-11,15H2,1-3H3,(H,17,18). The molecule has 1 saturated heterocycles. The van der Waals surface area contributed by atoms with Crippen molar-refractivity contribution in [1.29, 1.82) is 0 Å². The summed E-state index contributed by atoms with van der Waals surface area (Å²) in [7, 11) is 0. The van der Waals surface area contributed by atoms with Crippen molar-refractivity contribution in [3.05, 3.63) is 0 Å². The van der Waals surface area contributed by atoms with Crippen molar-refractivity contribution in [1.82, 2.24) is 4.90 Å². The minimum absolute atomic E-state index is 0.432. The van der Waals surface area contributed by atoms with Gasteiger partial charge in [-0.05, 0) is 57.5 Å². The molecule has 4 nitrogen and oxygen atoms in total. The lowest BCUT2D eigenvalue weighted by atomic mass is 9.84. The zero-order chi connectivity index (χ0) is 13.8. The summed E-state index contributed by atoms with van der Waals surface area (Å²) in [5, 5.41) is 8.92. The molecule has 0 saturated carbocycles. The Morgan fingerprint density at radius 2 is 2.11 bits per heavy atom. The van der Waals surface area contributed by atoms with Crippen molar-refractivity contribution in [3.63, 3.8) is 0 Å². The minimum Gasteiger partial charge on any atom is -0.480 e. The van der Waals surface area contributed by atoms with E-state index in [9.17, 15) is 4.79 Å². The van der Waals surface area contributed by atoms with Gasteiger partial charge in [-0.25, -0.2) is 0 Å². The van der Waals surface area contributed by atoms with E-state index in [0.717, 1.165) is 25.9 Å². The number of hydrogen-bond acceptors (Lipinski definition) is 3. The van der Waals surface area contributed by atoms with Crippen molar-refractivity contribution in [3.8, 4) is 0 Å². The van der Waals surface area contributed by atoms with Crippen LogP contribution >= 0.6 is 0 Å². The molecule has 1 rings (SSSR count). The Bertz CT molecular complexity index is 288. The van der Waals surface area contributed by atoms with Crippen LogP contribution in [0.25, 0.3) is 0 Å². The first-order chi connectivity index (χ1) is 8.23. The SMILES string of the molecule is CC1(C)CCCN(CCCCC(C)(N)C(=O)O)C1. The van der Waals surface area contributed by atoms with Gasteiger partial charge >= 0.3 is 5.97 Å². The summed E-state index contributed by atoms with van der Waals surface area (Å²) >= 11 is 0. The fourth-order valence-electron chi connectivity index (χ4n) is 2.67. The fourth-order valence-corrected chi connectivity index (χ4v) is 2.67. The van der Waals surface area contributed by atoms with Crippen molar-refractivity contribution in [2.75, 3.05) is 19.6 Å². The highest BCUT2D eigenvalue weighted by atomic mass is 16.4. The number of nitrogens with two attached hydrogens (primary N) is 1. The van der Waals surface area contributed by atoms with Gasteiger partial charge in [0.2, 0.25) is 0 Å². The van der Waals surface area contributed by atoms with Crippen LogP contribution in [0, 0.1) is 5.41 Å². The maximum absolute atomic E-state index is 10.9. The molecule has 0 aromatic heterocycles. The van der Waals surface area contributed by atoms with Gasteiger partial charge in [0, 0.05) is 6.54 Å². The van der Waals surface area contributed by atoms with Crippen molar-refractivity contribution in [2.45, 2.75) is 58.4 Å². The van der Waals surface area contributed by atoms with Gasteiger partial charge in [-0.1, -0.05) is 13.8 Å². The lowest BCUT2D eigenvalue weighted by Gasteiger charge is -2.38. The topological polar surface area (TPSA) is 66.6 Å². The minimum atomic E-state index is -1.07. The predicted octanol–water partition coefficient (Wildman–Crippen LogP) is 2.08. The Morgan fingerprint density at radius 3 is 2.67 bits per heavy atom. The highest BCUT2D eigenvalue weighted by molar-refractivity contribution is 5.77. The molecule has 0 aliphatic carbocycles. The van der Waals surface area contributed by atoms with E-state index in [1.54, 1.807) is 6.92 Å². The van der Waals surface area contributed by atoms with Crippen LogP contribution < -0.4 is 5.73 Å². The van der Waals surface area contributed by atoms with Gasteiger partial charge in [-0.3, -0.25) is 4.79 Å². The molecule has 0 aromatic rings. The lowest BCUT2D eigenvalue weighted by Crippen LogP contribution is -2.45. The third kappa shape index (κ3) is 4.94. The Hall–Kier alpha value is -0.610. The second-order valence-corrected chi connectivity index (χ2v) is 6.72. The summed E-state index contributed by atoms with van der Waals surface area (Å²) in [4.78, 5) is 13.4. The average Bonchev–Trinajstić information content (AvgIpc) is 2.23. The number of rotatable bonds is 6. The first-order valence-electron chi connectivity index (χ1n) is 6.98. The van der Waals surface area contributed by atoms with E-state index in [2.05, 4.69) is 18.7 Å². The van der Waals surface area contributed by atoms with Gasteiger partial charge in [0.15, 0.2) is 0 Å². The van der Waals surface area contributed by atoms with Crippen LogP contribution in [0.5, 0.6) is 0 Å². The fraction of sp³-hybridized carbons (Fsp3) is 0.929. The molecule has 0 amide bonds. The van der Waals surface area contributed by atoms with Gasteiger partial charge in [-0.15, -0.1) is 0 Å². The van der Waals surface area contributed by atoms with Crippen molar-refractivity contribution < 1.29 is 9.90 Å². The van der Waals surface area contributed by atoms with E-state index in [1.807, 2.05) is 0 Å². The van der Waals surface area contributed by atoms with Gasteiger partial charge < -0.3 is 15.7 Å². The Labute approximate surface area is 111 Å². The number of hydrogen-bond donors (Lipinski definition) is 2. The van der Waals surface area contributed by atoms with E-state index in [0.29, 0.717) is 11.8 Å². The molecule has 3 N–H and O–H groups in total. The summed E-state index contributed by atoms with van der Waals surface area (Å²) in [5.74, 6) is -0.901. The maximum atomic E-state index is 10.9. The molecule has 0 aromatic carbocycles. The van der Waals surface area contributed by atoms with Crippen LogP contribution in [0.4, 0.5) is 0 Å². The van der Waals surface area contributed by atoms with E-state index in [4.69, 9.17) is 10.8 Å². The highest BCUT2D eigenvalue weighted by Crippen LogP contribution is 2.28. The molecule has 1 unspecified atom stereocenters. The maximum Gasteiger partial charge on any atom is 0.323 e. The first-order valence-corrected chi connectivity index (χ1v) is 6.98. The van der Waals surface area contributed by atoms with Gasteiger partial charge in [0.25, 0.3) is 0 Å². The Morgan fingerprint density at radius 1 is 1.44 bits per heavy atom. The zero-order valence-corrected chi connectivity index (χ0v) is 12.0. The second kappa shape index (κ2) is 6.02. The van der Waals surface area contributed by atoms with E-state index in [-0.39, 0.29) is 0 Å². The number of nitrogens with zero attached hydrogens (tertiary/aromatic N) is 1. The van der Waals surface area contributed by atoms with Crippen LogP contribution in [-0.2, 0) is 4.79 Å². The van der Waals surface area contributed by atoms with Crippen LogP contribution in [0.3, 0.4) is 0 Å². The normalized spacial score (nSPS) is 23.6. The molecule has 1 atom stereocenters. The van der Waals surface area contributed by atoms with Crippen molar-refractivity contribution >= 4 is 5.97 Å². The number of carboxylic acids is 1. The van der Waals surface area contributed by atoms with Crippen molar-refractivity contribution in [2.24, 2.45) is 11.1 Å². The van der Waals surface area contributed by atoms with Crippen LogP contribution in [0.2, 0.25) is 0 Å². The third-order valence-corrected chi connectivity index (χ3v) is 3.89. The molecule has 0 bridgehead atoms. The molecular weight excluding hydrogens is 228 g/mol. The molecule has 0 spiro atoms. The predicted molar refractivity (Wildman–Crippen MR) is 73.5 cm³/mol. The monoisotopic (exact) mass is 256 g/mol. The van der Waals surface area contributed by atoms with Gasteiger partial charge in [-0.2, -0.15) is 0 Å². The molecule has 1 aliphatic heterocycles. The summed E-state index contributed by atoms with van der Waals surface area (Å²) < 4.78 is 0. The number of carboxylic acid groups (broad SMARTS) is 1. The number of likely N-dealkylation sites (tertiary alicyclic amines) is 1.